The highest BCUT2D eigenvalue weighted by Gasteiger charge is 2.14. The molecule has 0 heterocycles. The van der Waals surface area contributed by atoms with Gasteiger partial charge in [0, 0.05) is 11.0 Å². The van der Waals surface area contributed by atoms with Gasteiger partial charge in [0.2, 0.25) is 0 Å². The predicted octanol–water partition coefficient (Wildman–Crippen LogP) is 3.25. The van der Waals surface area contributed by atoms with E-state index in [9.17, 15) is 4.79 Å². The summed E-state index contributed by atoms with van der Waals surface area (Å²) in [4.78, 5) is 12.2. The third-order valence-corrected chi connectivity index (χ3v) is 3.27. The molecular weight excluding hydrogens is 340 g/mol. The Morgan fingerprint density at radius 2 is 2.15 bits per heavy atom. The van der Waals surface area contributed by atoms with Gasteiger partial charge in [0.25, 0.3) is 5.91 Å². The summed E-state index contributed by atoms with van der Waals surface area (Å²) in [7, 11) is 0. The van der Waals surface area contributed by atoms with Crippen molar-refractivity contribution in [3.8, 4) is 5.75 Å². The third kappa shape index (κ3) is 5.46. The molecule has 1 aromatic carbocycles. The molecule has 2 N–H and O–H groups in total. The van der Waals surface area contributed by atoms with Crippen LogP contribution >= 0.6 is 28.1 Å². The van der Waals surface area contributed by atoms with Crippen molar-refractivity contribution < 1.29 is 9.53 Å². The highest BCUT2D eigenvalue weighted by Crippen LogP contribution is 2.23. The van der Waals surface area contributed by atoms with Gasteiger partial charge in [-0.3, -0.25) is 10.1 Å². The van der Waals surface area contributed by atoms with Crippen molar-refractivity contribution in [2.24, 2.45) is 0 Å². The van der Waals surface area contributed by atoms with Crippen LogP contribution in [-0.2, 0) is 0 Å². The topological polar surface area (TPSA) is 50.4 Å². The van der Waals surface area contributed by atoms with Crippen molar-refractivity contribution in [1.29, 1.82) is 0 Å². The molecule has 0 bridgehead atoms. The molecule has 0 atom stereocenters. The lowest BCUT2D eigenvalue weighted by molar-refractivity contribution is 0.0973. The molecule has 1 amide bonds. The fraction of sp³-hybridized carbons (Fsp3) is 0.429. The van der Waals surface area contributed by atoms with Crippen LogP contribution in [0.5, 0.6) is 5.75 Å². The maximum Gasteiger partial charge on any atom is 0.261 e. The number of ether oxygens (including phenoxy) is 1. The maximum absolute atomic E-state index is 12.2. The standard InChI is InChI=1S/C14H19BrN2O2S/c1-3-5-8-16-14(20)17-13(18)11-9-10(15)6-7-12(11)19-4-2/h6-7,9H,3-5,8H2,1-2H3,(H2,16,17,18,20). The van der Waals surface area contributed by atoms with E-state index in [4.69, 9.17) is 17.0 Å². The summed E-state index contributed by atoms with van der Waals surface area (Å²) in [5.74, 6) is 0.272. The summed E-state index contributed by atoms with van der Waals surface area (Å²) in [5, 5.41) is 6.00. The molecule has 0 fully saturated rings. The lowest BCUT2D eigenvalue weighted by atomic mass is 10.2. The van der Waals surface area contributed by atoms with Crippen LogP contribution in [-0.4, -0.2) is 24.2 Å². The molecule has 0 spiro atoms. The average Bonchev–Trinajstić information content (AvgIpc) is 2.41. The zero-order chi connectivity index (χ0) is 15.0. The molecule has 110 valence electrons. The molecule has 0 aliphatic carbocycles. The average molecular weight is 359 g/mol. The van der Waals surface area contributed by atoms with Crippen LogP contribution in [0.15, 0.2) is 22.7 Å². The van der Waals surface area contributed by atoms with Gasteiger partial charge in [-0.25, -0.2) is 0 Å². The molecule has 4 nitrogen and oxygen atoms in total. The molecule has 0 unspecified atom stereocenters. The van der Waals surface area contributed by atoms with Gasteiger partial charge in [-0.05, 0) is 43.8 Å². The van der Waals surface area contributed by atoms with E-state index in [1.54, 1.807) is 12.1 Å². The first-order valence-corrected chi connectivity index (χ1v) is 7.80. The van der Waals surface area contributed by atoms with Gasteiger partial charge in [-0.2, -0.15) is 0 Å². The van der Waals surface area contributed by atoms with Gasteiger partial charge < -0.3 is 10.1 Å². The van der Waals surface area contributed by atoms with E-state index in [0.717, 1.165) is 23.9 Å². The molecule has 0 aromatic heterocycles. The zero-order valence-corrected chi connectivity index (χ0v) is 14.1. The second-order valence-electron chi connectivity index (χ2n) is 4.14. The Balaban J connectivity index is 2.71. The van der Waals surface area contributed by atoms with E-state index in [1.807, 2.05) is 13.0 Å². The summed E-state index contributed by atoms with van der Waals surface area (Å²) < 4.78 is 6.26. The van der Waals surface area contributed by atoms with E-state index < -0.39 is 0 Å². The minimum atomic E-state index is -0.274. The molecule has 0 saturated heterocycles. The summed E-state index contributed by atoms with van der Waals surface area (Å²) in [6.45, 7) is 5.23. The first-order chi connectivity index (χ1) is 9.58. The van der Waals surface area contributed by atoms with Crippen molar-refractivity contribution in [2.45, 2.75) is 26.7 Å². The molecule has 0 aliphatic heterocycles. The van der Waals surface area contributed by atoms with Gasteiger partial charge >= 0.3 is 0 Å². The van der Waals surface area contributed by atoms with E-state index in [2.05, 4.69) is 33.5 Å². The smallest absolute Gasteiger partial charge is 0.261 e. The van der Waals surface area contributed by atoms with E-state index in [1.165, 1.54) is 0 Å². The first-order valence-electron chi connectivity index (χ1n) is 6.60. The number of unbranched alkanes of at least 4 members (excludes halogenated alkanes) is 1. The van der Waals surface area contributed by atoms with Crippen LogP contribution in [0, 0.1) is 0 Å². The largest absolute Gasteiger partial charge is 0.493 e. The Bertz CT molecular complexity index is 480. The minimum absolute atomic E-state index is 0.274. The number of thiocarbonyl (C=S) groups is 1. The Hall–Kier alpha value is -1.14. The lowest BCUT2D eigenvalue weighted by Gasteiger charge is -2.12. The van der Waals surface area contributed by atoms with E-state index in [-0.39, 0.29) is 5.91 Å². The lowest BCUT2D eigenvalue weighted by Crippen LogP contribution is -2.39. The number of amides is 1. The number of benzene rings is 1. The molecule has 0 aliphatic rings. The van der Waals surface area contributed by atoms with Crippen molar-refractivity contribution in [3.63, 3.8) is 0 Å². The number of hydrogen-bond donors (Lipinski definition) is 2. The number of hydrogen-bond acceptors (Lipinski definition) is 3. The van der Waals surface area contributed by atoms with Crippen LogP contribution < -0.4 is 15.4 Å². The van der Waals surface area contributed by atoms with Crippen molar-refractivity contribution in [1.82, 2.24) is 10.6 Å². The number of rotatable bonds is 6. The Kier molecular flexibility index (Phi) is 7.54. The van der Waals surface area contributed by atoms with Gasteiger partial charge in [-0.1, -0.05) is 29.3 Å². The molecule has 20 heavy (non-hydrogen) atoms. The second-order valence-corrected chi connectivity index (χ2v) is 5.46. The van der Waals surface area contributed by atoms with E-state index >= 15 is 0 Å². The maximum atomic E-state index is 12.2. The van der Waals surface area contributed by atoms with E-state index in [0.29, 0.717) is 23.0 Å². The third-order valence-electron chi connectivity index (χ3n) is 2.53. The van der Waals surface area contributed by atoms with Crippen molar-refractivity contribution >= 4 is 39.2 Å². The normalized spacial score (nSPS) is 9.95. The summed E-state index contributed by atoms with van der Waals surface area (Å²) in [6.07, 6.45) is 2.08. The summed E-state index contributed by atoms with van der Waals surface area (Å²) >= 11 is 8.44. The van der Waals surface area contributed by atoms with Gasteiger partial charge in [0.15, 0.2) is 5.11 Å². The fourth-order valence-electron chi connectivity index (χ4n) is 1.55. The minimum Gasteiger partial charge on any atom is -0.493 e. The van der Waals surface area contributed by atoms with Gasteiger partial charge in [0.05, 0.1) is 12.2 Å². The zero-order valence-electron chi connectivity index (χ0n) is 11.7. The second kappa shape index (κ2) is 8.92. The summed E-state index contributed by atoms with van der Waals surface area (Å²) in [5.41, 5.74) is 0.459. The molecule has 6 heteroatoms. The highest BCUT2D eigenvalue weighted by atomic mass is 79.9. The fourth-order valence-corrected chi connectivity index (χ4v) is 2.11. The number of carbonyl (C=O) groups excluding carboxylic acids is 1. The number of halogens is 1. The molecule has 0 saturated carbocycles. The van der Waals surface area contributed by atoms with Gasteiger partial charge in [-0.15, -0.1) is 0 Å². The van der Waals surface area contributed by atoms with Gasteiger partial charge in [0.1, 0.15) is 5.75 Å². The Labute approximate surface area is 133 Å². The van der Waals surface area contributed by atoms with Crippen molar-refractivity contribution in [2.75, 3.05) is 13.2 Å². The molecular formula is C14H19BrN2O2S. The predicted molar refractivity (Wildman–Crippen MR) is 88.3 cm³/mol. The SMILES string of the molecule is CCCCNC(=S)NC(=O)c1cc(Br)ccc1OCC. The van der Waals surface area contributed by atoms with Crippen LogP contribution in [0.25, 0.3) is 0 Å². The van der Waals surface area contributed by atoms with Crippen LogP contribution in [0.4, 0.5) is 0 Å². The van der Waals surface area contributed by atoms with Crippen LogP contribution in [0.3, 0.4) is 0 Å². The summed E-state index contributed by atoms with van der Waals surface area (Å²) in [6, 6.07) is 5.31. The number of nitrogens with one attached hydrogen (secondary N) is 2. The van der Waals surface area contributed by atoms with Crippen molar-refractivity contribution in [3.05, 3.63) is 28.2 Å². The highest BCUT2D eigenvalue weighted by molar-refractivity contribution is 9.10. The van der Waals surface area contributed by atoms with Crippen LogP contribution in [0.1, 0.15) is 37.0 Å². The Morgan fingerprint density at radius 3 is 2.80 bits per heavy atom. The molecule has 0 radical (unpaired) electrons. The molecule has 1 rings (SSSR count). The quantitative estimate of drug-likeness (QED) is 0.605. The molecule has 1 aromatic rings. The van der Waals surface area contributed by atoms with Crippen LogP contribution in [0.2, 0.25) is 0 Å². The Morgan fingerprint density at radius 1 is 1.40 bits per heavy atom. The monoisotopic (exact) mass is 358 g/mol. The number of carbonyl (C=O) groups is 1. The first kappa shape index (κ1) is 16.9.